The van der Waals surface area contributed by atoms with Gasteiger partial charge >= 0.3 is 5.97 Å². The number of carbonyl (C=O) groups excluding carboxylic acids is 3. The molecule has 0 unspecified atom stereocenters. The van der Waals surface area contributed by atoms with Crippen LogP contribution in [0.5, 0.6) is 5.75 Å². The van der Waals surface area contributed by atoms with Gasteiger partial charge in [0.05, 0.1) is 0 Å². The number of nitrogens with zero attached hydrogens (tertiary/aromatic N) is 3. The van der Waals surface area contributed by atoms with E-state index in [4.69, 9.17) is 9.47 Å². The number of ketones is 1. The van der Waals surface area contributed by atoms with Gasteiger partial charge in [0.15, 0.2) is 18.3 Å². The third-order valence-corrected chi connectivity index (χ3v) is 6.04. The number of esters is 1. The van der Waals surface area contributed by atoms with Crippen LogP contribution >= 0.6 is 11.3 Å². The van der Waals surface area contributed by atoms with E-state index in [1.54, 1.807) is 41.4 Å². The van der Waals surface area contributed by atoms with Crippen molar-refractivity contribution in [3.63, 3.8) is 0 Å². The maximum atomic E-state index is 12.6. The lowest BCUT2D eigenvalue weighted by Crippen LogP contribution is -2.23. The first-order chi connectivity index (χ1) is 15.4. The minimum absolute atomic E-state index is 0.110. The summed E-state index contributed by atoms with van der Waals surface area (Å²) in [6, 6.07) is 8.74. The monoisotopic (exact) mass is 453 g/mol. The number of thiazole rings is 1. The highest BCUT2D eigenvalue weighted by atomic mass is 32.1. The predicted molar refractivity (Wildman–Crippen MR) is 120 cm³/mol. The molecule has 1 aliphatic rings. The van der Waals surface area contributed by atoms with Crippen LogP contribution in [0.2, 0.25) is 0 Å². The molecule has 2 aromatic heterocycles. The van der Waals surface area contributed by atoms with Gasteiger partial charge in [0.1, 0.15) is 5.75 Å². The number of carbonyl (C=O) groups is 3. The molecule has 1 amide bonds. The Kier molecular flexibility index (Phi) is 6.36. The van der Waals surface area contributed by atoms with E-state index in [2.05, 4.69) is 4.98 Å². The molecule has 1 saturated heterocycles. The van der Waals surface area contributed by atoms with E-state index in [1.807, 2.05) is 23.8 Å². The Morgan fingerprint density at radius 1 is 1.16 bits per heavy atom. The average molecular weight is 454 g/mol. The standard InChI is InChI=1S/C23H23N3O5S/c1-15-12-19(16(2)26(15)23-24-9-11-32-23)20(27)13-31-22(29)14-30-18-7-5-17(6-8-18)25-10-3-4-21(25)28/h5-9,11-12H,3-4,10,13-14H2,1-2H3. The molecule has 0 atom stereocenters. The van der Waals surface area contributed by atoms with Gasteiger partial charge in [-0.1, -0.05) is 0 Å². The van der Waals surface area contributed by atoms with E-state index in [0.717, 1.165) is 28.6 Å². The lowest BCUT2D eigenvalue weighted by Gasteiger charge is -2.16. The molecule has 0 radical (unpaired) electrons. The minimum Gasteiger partial charge on any atom is -0.482 e. The lowest BCUT2D eigenvalue weighted by molar-refractivity contribution is -0.144. The van der Waals surface area contributed by atoms with Crippen LogP contribution in [0.25, 0.3) is 5.13 Å². The number of Topliss-reactive ketones (excluding diaryl/α,β-unsaturated/α-hetero) is 1. The summed E-state index contributed by atoms with van der Waals surface area (Å²) in [6.45, 7) is 3.78. The number of benzene rings is 1. The molecule has 9 heteroatoms. The van der Waals surface area contributed by atoms with E-state index in [0.29, 0.717) is 24.3 Å². The van der Waals surface area contributed by atoms with Crippen molar-refractivity contribution in [2.75, 3.05) is 24.7 Å². The summed E-state index contributed by atoms with van der Waals surface area (Å²) >= 11 is 1.48. The van der Waals surface area contributed by atoms with Crippen LogP contribution in [0, 0.1) is 13.8 Å². The van der Waals surface area contributed by atoms with Gasteiger partial charge < -0.3 is 14.4 Å². The number of aromatic nitrogens is 2. The quantitative estimate of drug-likeness (QED) is 0.383. The van der Waals surface area contributed by atoms with Crippen molar-refractivity contribution in [3.05, 3.63) is 58.9 Å². The highest BCUT2D eigenvalue weighted by Gasteiger charge is 2.22. The molecule has 1 aromatic carbocycles. The Morgan fingerprint density at radius 2 is 1.94 bits per heavy atom. The van der Waals surface area contributed by atoms with Crippen LogP contribution in [-0.4, -0.2) is 47.0 Å². The minimum atomic E-state index is -0.633. The molecule has 4 rings (SSSR count). The highest BCUT2D eigenvalue weighted by Crippen LogP contribution is 2.24. The van der Waals surface area contributed by atoms with E-state index < -0.39 is 5.97 Å². The number of amides is 1. The summed E-state index contributed by atoms with van der Waals surface area (Å²) in [7, 11) is 0. The molecular formula is C23H23N3O5S. The van der Waals surface area contributed by atoms with Gasteiger partial charge in [-0.05, 0) is 50.6 Å². The Hall–Kier alpha value is -3.46. The van der Waals surface area contributed by atoms with Crippen molar-refractivity contribution in [3.8, 4) is 10.9 Å². The van der Waals surface area contributed by atoms with Crippen molar-refractivity contribution < 1.29 is 23.9 Å². The molecule has 3 aromatic rings. The predicted octanol–water partition coefficient (Wildman–Crippen LogP) is 3.48. The van der Waals surface area contributed by atoms with Gasteiger partial charge in [-0.3, -0.25) is 14.2 Å². The molecule has 0 saturated carbocycles. The summed E-state index contributed by atoms with van der Waals surface area (Å²) < 4.78 is 12.5. The Morgan fingerprint density at radius 3 is 2.59 bits per heavy atom. The summed E-state index contributed by atoms with van der Waals surface area (Å²) in [4.78, 5) is 42.5. The van der Waals surface area contributed by atoms with Crippen molar-refractivity contribution in [2.24, 2.45) is 0 Å². The number of hydrogen-bond donors (Lipinski definition) is 0. The third-order valence-electron chi connectivity index (χ3n) is 5.28. The van der Waals surface area contributed by atoms with Gasteiger partial charge in [0.2, 0.25) is 11.7 Å². The Bertz CT molecular complexity index is 1140. The number of anilines is 1. The van der Waals surface area contributed by atoms with Crippen LogP contribution in [0.1, 0.15) is 34.6 Å². The van der Waals surface area contributed by atoms with Crippen molar-refractivity contribution >= 4 is 34.7 Å². The number of aryl methyl sites for hydroxylation is 1. The van der Waals surface area contributed by atoms with Crippen LogP contribution in [-0.2, 0) is 14.3 Å². The molecule has 0 aliphatic carbocycles. The van der Waals surface area contributed by atoms with Gasteiger partial charge in [0, 0.05) is 47.2 Å². The normalized spacial score (nSPS) is 13.4. The smallest absolute Gasteiger partial charge is 0.344 e. The van der Waals surface area contributed by atoms with Crippen LogP contribution in [0.15, 0.2) is 41.9 Å². The topological polar surface area (TPSA) is 90.7 Å². The lowest BCUT2D eigenvalue weighted by atomic mass is 10.1. The SMILES string of the molecule is Cc1cc(C(=O)COC(=O)COc2ccc(N3CCCC3=O)cc2)c(C)n1-c1nccs1. The number of ether oxygens (including phenoxy) is 2. The molecule has 3 heterocycles. The maximum absolute atomic E-state index is 12.6. The first kappa shape index (κ1) is 21.8. The van der Waals surface area contributed by atoms with E-state index in [-0.39, 0.29) is 24.9 Å². The van der Waals surface area contributed by atoms with Crippen LogP contribution < -0.4 is 9.64 Å². The molecule has 0 N–H and O–H groups in total. The van der Waals surface area contributed by atoms with Gasteiger partial charge in [-0.25, -0.2) is 9.78 Å². The molecule has 1 fully saturated rings. The zero-order chi connectivity index (χ0) is 22.7. The first-order valence-electron chi connectivity index (χ1n) is 10.2. The third kappa shape index (κ3) is 4.57. The van der Waals surface area contributed by atoms with Gasteiger partial charge in [-0.15, -0.1) is 11.3 Å². The van der Waals surface area contributed by atoms with Crippen LogP contribution in [0.4, 0.5) is 5.69 Å². The summed E-state index contributed by atoms with van der Waals surface area (Å²) in [5, 5.41) is 2.65. The van der Waals surface area contributed by atoms with Crippen LogP contribution in [0.3, 0.4) is 0 Å². The van der Waals surface area contributed by atoms with Crippen molar-refractivity contribution in [2.45, 2.75) is 26.7 Å². The fourth-order valence-electron chi connectivity index (χ4n) is 3.72. The Balaban J connectivity index is 1.28. The molecule has 166 valence electrons. The van der Waals surface area contributed by atoms with E-state index in [9.17, 15) is 14.4 Å². The second kappa shape index (κ2) is 9.35. The zero-order valence-electron chi connectivity index (χ0n) is 17.9. The van der Waals surface area contributed by atoms with Gasteiger partial charge in [0.25, 0.3) is 0 Å². The molecule has 1 aliphatic heterocycles. The molecule has 8 nitrogen and oxygen atoms in total. The summed E-state index contributed by atoms with van der Waals surface area (Å²) in [5.41, 5.74) is 2.95. The average Bonchev–Trinajstić information content (AvgIpc) is 3.52. The van der Waals surface area contributed by atoms with Crippen molar-refractivity contribution in [1.82, 2.24) is 9.55 Å². The van der Waals surface area contributed by atoms with E-state index in [1.165, 1.54) is 11.3 Å². The number of rotatable bonds is 8. The second-order valence-corrected chi connectivity index (χ2v) is 8.32. The maximum Gasteiger partial charge on any atom is 0.344 e. The number of hydrogen-bond acceptors (Lipinski definition) is 7. The summed E-state index contributed by atoms with van der Waals surface area (Å²) in [6.07, 6.45) is 3.13. The van der Waals surface area contributed by atoms with E-state index >= 15 is 0 Å². The zero-order valence-corrected chi connectivity index (χ0v) is 18.7. The highest BCUT2D eigenvalue weighted by molar-refractivity contribution is 7.12. The molecule has 0 bridgehead atoms. The molecule has 32 heavy (non-hydrogen) atoms. The Labute approximate surface area is 189 Å². The van der Waals surface area contributed by atoms with Gasteiger partial charge in [-0.2, -0.15) is 0 Å². The second-order valence-electron chi connectivity index (χ2n) is 7.45. The summed E-state index contributed by atoms with van der Waals surface area (Å²) in [5.74, 6) is -0.324. The fraction of sp³-hybridized carbons (Fsp3) is 0.304. The molecular weight excluding hydrogens is 430 g/mol. The first-order valence-corrected chi connectivity index (χ1v) is 11.1. The largest absolute Gasteiger partial charge is 0.482 e. The fourth-order valence-corrected chi connectivity index (χ4v) is 4.47. The van der Waals surface area contributed by atoms with Crippen molar-refractivity contribution in [1.29, 1.82) is 0 Å². The molecule has 0 spiro atoms.